The number of nitro groups is 1. The molecule has 9 nitrogen and oxygen atoms in total. The van der Waals surface area contributed by atoms with Gasteiger partial charge in [0.2, 0.25) is 5.91 Å². The van der Waals surface area contributed by atoms with Gasteiger partial charge in [-0.2, -0.15) is 0 Å². The first-order valence-electron chi connectivity index (χ1n) is 10.6. The predicted octanol–water partition coefficient (Wildman–Crippen LogP) is 4.47. The molecular formula is C23H23N5O4S. The molecule has 2 aromatic heterocycles. The number of carbonyl (C=O) groups excluding carboxylic acids is 1. The number of thiazole rings is 1. The van der Waals surface area contributed by atoms with Crippen LogP contribution in [0, 0.1) is 10.1 Å². The number of amides is 1. The van der Waals surface area contributed by atoms with E-state index >= 15 is 0 Å². The lowest BCUT2D eigenvalue weighted by molar-refractivity contribution is -0.384. The summed E-state index contributed by atoms with van der Waals surface area (Å²) in [5.41, 5.74) is 1.52. The minimum atomic E-state index is -0.453. The number of nitrogens with zero attached hydrogens (tertiary/aromatic N) is 5. The second-order valence-corrected chi connectivity index (χ2v) is 8.37. The zero-order valence-electron chi connectivity index (χ0n) is 18.1. The molecule has 0 atom stereocenters. The molecule has 0 aliphatic heterocycles. The molecule has 2 heterocycles. The summed E-state index contributed by atoms with van der Waals surface area (Å²) in [5, 5.41) is 11.5. The summed E-state index contributed by atoms with van der Waals surface area (Å²) < 4.78 is 8.49. The van der Waals surface area contributed by atoms with E-state index < -0.39 is 4.92 Å². The zero-order chi connectivity index (χ0) is 23.2. The predicted molar refractivity (Wildman–Crippen MR) is 127 cm³/mol. The van der Waals surface area contributed by atoms with Gasteiger partial charge in [0.1, 0.15) is 5.75 Å². The van der Waals surface area contributed by atoms with Gasteiger partial charge in [-0.05, 0) is 37.1 Å². The minimum absolute atomic E-state index is 0.000312. The third-order valence-electron chi connectivity index (χ3n) is 5.05. The van der Waals surface area contributed by atoms with Crippen molar-refractivity contribution in [2.24, 2.45) is 0 Å². The topological polar surface area (TPSA) is 103 Å². The number of anilines is 1. The van der Waals surface area contributed by atoms with Crippen molar-refractivity contribution in [2.75, 3.05) is 18.1 Å². The van der Waals surface area contributed by atoms with Crippen molar-refractivity contribution in [1.29, 1.82) is 0 Å². The number of ether oxygens (including phenoxy) is 1. The van der Waals surface area contributed by atoms with Crippen LogP contribution in [0.15, 0.2) is 61.2 Å². The summed E-state index contributed by atoms with van der Waals surface area (Å²) in [4.78, 5) is 34.2. The third kappa shape index (κ3) is 5.53. The average molecular weight is 466 g/mol. The van der Waals surface area contributed by atoms with Crippen molar-refractivity contribution < 1.29 is 14.5 Å². The van der Waals surface area contributed by atoms with Crippen LogP contribution < -0.4 is 9.64 Å². The molecule has 2 aromatic carbocycles. The summed E-state index contributed by atoms with van der Waals surface area (Å²) >= 11 is 1.44. The Bertz CT molecular complexity index is 1240. The second-order valence-electron chi connectivity index (χ2n) is 7.36. The van der Waals surface area contributed by atoms with Crippen molar-refractivity contribution in [2.45, 2.75) is 26.3 Å². The van der Waals surface area contributed by atoms with Crippen molar-refractivity contribution in [3.8, 4) is 5.75 Å². The smallest absolute Gasteiger partial charge is 0.269 e. The molecule has 0 fully saturated rings. The molecule has 1 amide bonds. The lowest BCUT2D eigenvalue weighted by Gasteiger charge is -2.20. The van der Waals surface area contributed by atoms with E-state index in [0.29, 0.717) is 23.8 Å². The molecule has 33 heavy (non-hydrogen) atoms. The molecule has 0 bridgehead atoms. The number of fused-ring (bicyclic) bond motifs is 1. The van der Waals surface area contributed by atoms with E-state index in [1.54, 1.807) is 29.6 Å². The molecule has 0 aliphatic rings. The second kappa shape index (κ2) is 10.2. The molecule has 170 valence electrons. The van der Waals surface area contributed by atoms with Crippen molar-refractivity contribution in [3.05, 3.63) is 76.9 Å². The number of carbonyl (C=O) groups is 1. The van der Waals surface area contributed by atoms with Crippen LogP contribution in [0.5, 0.6) is 5.75 Å². The fourth-order valence-electron chi connectivity index (χ4n) is 3.43. The summed E-state index contributed by atoms with van der Waals surface area (Å²) in [5.74, 6) is 0.655. The number of non-ortho nitro benzene ring substituents is 1. The lowest BCUT2D eigenvalue weighted by atomic mass is 10.1. The highest BCUT2D eigenvalue weighted by molar-refractivity contribution is 7.22. The molecule has 0 spiro atoms. The van der Waals surface area contributed by atoms with Gasteiger partial charge in [0.25, 0.3) is 5.69 Å². The summed E-state index contributed by atoms with van der Waals surface area (Å²) in [6.45, 7) is 3.72. The monoisotopic (exact) mass is 465 g/mol. The SMILES string of the molecule is CCOc1ccc2nc(N(CCCn3ccnc3)C(=O)Cc3ccc([N+](=O)[O-])cc3)sc2c1. The van der Waals surface area contributed by atoms with Gasteiger partial charge >= 0.3 is 0 Å². The molecule has 4 aromatic rings. The minimum Gasteiger partial charge on any atom is -0.494 e. The maximum absolute atomic E-state index is 13.3. The number of hydrogen-bond donors (Lipinski definition) is 0. The number of imidazole rings is 1. The van der Waals surface area contributed by atoms with Crippen LogP contribution in [0.4, 0.5) is 10.8 Å². The first-order chi connectivity index (χ1) is 16.0. The molecule has 0 aliphatic carbocycles. The standard InChI is InChI=1S/C23H23N5O4S/c1-2-32-19-8-9-20-21(15-19)33-23(25-20)27(12-3-11-26-13-10-24-16-26)22(29)14-17-4-6-18(7-5-17)28(30)31/h4-10,13,15-16H,2-3,11-12,14H2,1H3. The van der Waals surface area contributed by atoms with Crippen molar-refractivity contribution >= 4 is 38.3 Å². The van der Waals surface area contributed by atoms with Gasteiger partial charge < -0.3 is 9.30 Å². The van der Waals surface area contributed by atoms with E-state index in [0.717, 1.165) is 28.9 Å². The highest BCUT2D eigenvalue weighted by atomic mass is 32.1. The van der Waals surface area contributed by atoms with Gasteiger partial charge in [-0.25, -0.2) is 9.97 Å². The highest BCUT2D eigenvalue weighted by Gasteiger charge is 2.20. The fraction of sp³-hybridized carbons (Fsp3) is 0.261. The van der Waals surface area contributed by atoms with Crippen molar-refractivity contribution in [3.63, 3.8) is 0 Å². The molecule has 10 heteroatoms. The number of benzene rings is 2. The first kappa shape index (κ1) is 22.4. The quantitative estimate of drug-likeness (QED) is 0.253. The van der Waals surface area contributed by atoms with E-state index in [9.17, 15) is 14.9 Å². The maximum Gasteiger partial charge on any atom is 0.269 e. The van der Waals surface area contributed by atoms with E-state index in [4.69, 9.17) is 4.74 Å². The molecule has 0 unspecified atom stereocenters. The van der Waals surface area contributed by atoms with Crippen LogP contribution in [0.2, 0.25) is 0 Å². The van der Waals surface area contributed by atoms with Gasteiger partial charge in [-0.1, -0.05) is 23.5 Å². The van der Waals surface area contributed by atoms with Crippen LogP contribution in [0.3, 0.4) is 0 Å². The van der Waals surface area contributed by atoms with Crippen LogP contribution in [-0.4, -0.2) is 38.5 Å². The van der Waals surface area contributed by atoms with Gasteiger partial charge in [0.05, 0.1) is 34.5 Å². The van der Waals surface area contributed by atoms with Crippen LogP contribution >= 0.6 is 11.3 Å². The van der Waals surface area contributed by atoms with E-state index in [1.165, 1.54) is 23.5 Å². The van der Waals surface area contributed by atoms with E-state index in [-0.39, 0.29) is 18.0 Å². The van der Waals surface area contributed by atoms with Crippen LogP contribution in [-0.2, 0) is 17.8 Å². The number of rotatable bonds is 10. The lowest BCUT2D eigenvalue weighted by Crippen LogP contribution is -2.33. The van der Waals surface area contributed by atoms with Crippen molar-refractivity contribution in [1.82, 2.24) is 14.5 Å². The summed E-state index contributed by atoms with van der Waals surface area (Å²) in [6.07, 6.45) is 6.21. The highest BCUT2D eigenvalue weighted by Crippen LogP contribution is 2.32. The number of hydrogen-bond acceptors (Lipinski definition) is 7. The van der Waals surface area contributed by atoms with Gasteiger partial charge in [-0.3, -0.25) is 19.8 Å². The Morgan fingerprint density at radius 3 is 2.76 bits per heavy atom. The molecule has 0 saturated carbocycles. The molecule has 4 rings (SSSR count). The van der Waals surface area contributed by atoms with E-state index in [2.05, 4.69) is 9.97 Å². The van der Waals surface area contributed by atoms with Crippen LogP contribution in [0.1, 0.15) is 18.9 Å². The Morgan fingerprint density at radius 2 is 2.06 bits per heavy atom. The number of nitro benzene ring substituents is 1. The first-order valence-corrected chi connectivity index (χ1v) is 11.4. The normalized spacial score (nSPS) is 10.9. The Balaban J connectivity index is 1.55. The number of aryl methyl sites for hydroxylation is 1. The van der Waals surface area contributed by atoms with Gasteiger partial charge in [-0.15, -0.1) is 0 Å². The zero-order valence-corrected chi connectivity index (χ0v) is 18.9. The average Bonchev–Trinajstić information content (AvgIpc) is 3.46. The molecule has 0 radical (unpaired) electrons. The molecular weight excluding hydrogens is 442 g/mol. The Labute approximate surface area is 194 Å². The van der Waals surface area contributed by atoms with Gasteiger partial charge in [0, 0.05) is 37.6 Å². The summed E-state index contributed by atoms with van der Waals surface area (Å²) in [7, 11) is 0. The molecule has 0 N–H and O–H groups in total. The maximum atomic E-state index is 13.3. The molecule has 0 saturated heterocycles. The Kier molecular flexibility index (Phi) is 6.94. The third-order valence-corrected chi connectivity index (χ3v) is 6.09. The summed E-state index contributed by atoms with van der Waals surface area (Å²) in [6, 6.07) is 11.8. The Morgan fingerprint density at radius 1 is 1.24 bits per heavy atom. The van der Waals surface area contributed by atoms with E-state index in [1.807, 2.05) is 35.9 Å². The fourth-order valence-corrected chi connectivity index (χ4v) is 4.46. The largest absolute Gasteiger partial charge is 0.494 e. The number of aromatic nitrogens is 3. The Hall–Kier alpha value is -3.79. The van der Waals surface area contributed by atoms with Crippen LogP contribution in [0.25, 0.3) is 10.2 Å². The van der Waals surface area contributed by atoms with Gasteiger partial charge in [0.15, 0.2) is 5.13 Å².